The molecule has 0 radical (unpaired) electrons. The van der Waals surface area contributed by atoms with Gasteiger partial charge in [0.25, 0.3) is 20.0 Å². The number of carbonyl (C=O) groups excluding carboxylic acids is 2. The number of nitrogens with zero attached hydrogens (tertiary/aromatic N) is 4. The van der Waals surface area contributed by atoms with E-state index < -0.39 is 20.0 Å². The summed E-state index contributed by atoms with van der Waals surface area (Å²) in [5.74, 6) is -0.417. The van der Waals surface area contributed by atoms with Gasteiger partial charge in [-0.15, -0.1) is 20.4 Å². The number of sulfonamides is 2. The van der Waals surface area contributed by atoms with Crippen LogP contribution in [0, 0.1) is 13.8 Å². The molecule has 0 bridgehead atoms. The molecule has 4 N–H and O–H groups in total. The van der Waals surface area contributed by atoms with E-state index in [1.54, 1.807) is 38.1 Å². The second-order valence-electron chi connectivity index (χ2n) is 8.92. The van der Waals surface area contributed by atoms with Crippen LogP contribution in [-0.2, 0) is 42.5 Å². The average molecular weight is 736 g/mol. The molecule has 0 aliphatic carbocycles. The zero-order chi connectivity index (χ0) is 33.4. The summed E-state index contributed by atoms with van der Waals surface area (Å²) in [6, 6.07) is 9.26. The molecule has 2 aromatic carbocycles. The van der Waals surface area contributed by atoms with Crippen molar-refractivity contribution in [2.45, 2.75) is 43.4 Å². The van der Waals surface area contributed by atoms with Gasteiger partial charge in [0.15, 0.2) is 0 Å². The second-order valence-corrected chi connectivity index (χ2v) is 15.2. The van der Waals surface area contributed by atoms with Crippen LogP contribution >= 0.6 is 45.9 Å². The highest BCUT2D eigenvalue weighted by atomic mass is 35.5. The summed E-state index contributed by atoms with van der Waals surface area (Å²) in [5, 5.41) is 21.9. The topological polar surface area (TPSA) is 202 Å². The Bertz CT molecular complexity index is 1900. The molecule has 2 heterocycles. The minimum absolute atomic E-state index is 0.0477. The molecule has 4 rings (SSSR count). The second kappa shape index (κ2) is 15.7. The molecular formula is C25H28Cl2N8O6S4. The van der Waals surface area contributed by atoms with Crippen molar-refractivity contribution >= 4 is 88.0 Å². The number of nitrogens with one attached hydrogen (secondary N) is 4. The lowest BCUT2D eigenvalue weighted by Gasteiger charge is -2.08. The van der Waals surface area contributed by atoms with Crippen LogP contribution in [0.5, 0.6) is 0 Å². The summed E-state index contributed by atoms with van der Waals surface area (Å²) < 4.78 is 54.2. The van der Waals surface area contributed by atoms with Gasteiger partial charge in [-0.25, -0.2) is 16.8 Å². The number of rotatable bonds is 11. The van der Waals surface area contributed by atoms with Crippen molar-refractivity contribution in [3.05, 3.63) is 67.6 Å². The molecule has 0 saturated heterocycles. The van der Waals surface area contributed by atoms with Crippen LogP contribution < -0.4 is 20.1 Å². The Hall–Kier alpha value is -3.42. The molecule has 2 aromatic heterocycles. The van der Waals surface area contributed by atoms with Gasteiger partial charge in [-0.1, -0.05) is 58.0 Å². The fourth-order valence-electron chi connectivity index (χ4n) is 3.45. The lowest BCUT2D eigenvalue weighted by atomic mass is 10.2. The van der Waals surface area contributed by atoms with E-state index in [0.29, 0.717) is 37.7 Å². The summed E-state index contributed by atoms with van der Waals surface area (Å²) in [4.78, 5) is 22.9. The van der Waals surface area contributed by atoms with Crippen molar-refractivity contribution in [3.8, 4) is 0 Å². The Kier molecular flexibility index (Phi) is 12.6. The van der Waals surface area contributed by atoms with Gasteiger partial charge in [0, 0.05) is 23.6 Å². The summed E-state index contributed by atoms with van der Waals surface area (Å²) in [6.45, 7) is 5.57. The normalized spacial score (nSPS) is 11.2. The van der Waals surface area contributed by atoms with Crippen molar-refractivity contribution in [2.24, 2.45) is 0 Å². The maximum Gasteiger partial charge on any atom is 0.264 e. The predicted molar refractivity (Wildman–Crippen MR) is 174 cm³/mol. The molecule has 45 heavy (non-hydrogen) atoms. The maximum atomic E-state index is 12.4. The van der Waals surface area contributed by atoms with Crippen LogP contribution in [0.2, 0.25) is 10.0 Å². The average Bonchev–Trinajstić information content (AvgIpc) is 3.59. The van der Waals surface area contributed by atoms with Crippen molar-refractivity contribution < 1.29 is 26.4 Å². The Balaban J connectivity index is 0.000000246. The molecule has 2 amide bonds. The van der Waals surface area contributed by atoms with E-state index in [1.807, 2.05) is 6.92 Å². The maximum absolute atomic E-state index is 12.4. The van der Waals surface area contributed by atoms with Crippen LogP contribution in [0.4, 0.5) is 10.3 Å². The molecule has 0 fully saturated rings. The molecule has 4 aromatic rings. The first-order chi connectivity index (χ1) is 21.2. The van der Waals surface area contributed by atoms with Crippen molar-refractivity contribution in [1.29, 1.82) is 0 Å². The molecule has 0 unspecified atom stereocenters. The number of benzene rings is 2. The Morgan fingerprint density at radius 1 is 0.733 bits per heavy atom. The number of carbonyl (C=O) groups is 2. The number of aromatic nitrogens is 4. The Morgan fingerprint density at radius 3 is 1.56 bits per heavy atom. The molecule has 0 atom stereocenters. The Morgan fingerprint density at radius 2 is 1.16 bits per heavy atom. The molecule has 14 nitrogen and oxygen atoms in total. The van der Waals surface area contributed by atoms with E-state index in [4.69, 9.17) is 23.2 Å². The zero-order valence-corrected chi connectivity index (χ0v) is 29.0. The van der Waals surface area contributed by atoms with Crippen molar-refractivity contribution in [2.75, 3.05) is 23.0 Å². The van der Waals surface area contributed by atoms with Crippen LogP contribution in [-0.4, -0.2) is 62.6 Å². The summed E-state index contributed by atoms with van der Waals surface area (Å²) >= 11 is 13.9. The number of anilines is 2. The Labute approximate surface area is 278 Å². The number of hydrogen-bond donors (Lipinski definition) is 4. The number of likely N-dealkylation sites (N-methyl/N-ethyl adjacent to an activating group) is 2. The summed E-state index contributed by atoms with van der Waals surface area (Å²) in [5.41, 5.74) is 0.903. The number of halogens is 2. The third-order valence-corrected chi connectivity index (χ3v) is 11.4. The van der Waals surface area contributed by atoms with E-state index >= 15 is 0 Å². The minimum atomic E-state index is -3.82. The van der Waals surface area contributed by atoms with Gasteiger partial charge in [-0.05, 0) is 56.2 Å². The van der Waals surface area contributed by atoms with E-state index in [2.05, 4.69) is 40.5 Å². The van der Waals surface area contributed by atoms with E-state index in [9.17, 15) is 26.4 Å². The zero-order valence-electron chi connectivity index (χ0n) is 24.2. The number of amides is 2. The quantitative estimate of drug-likeness (QED) is 0.176. The van der Waals surface area contributed by atoms with Crippen LogP contribution in [0.25, 0.3) is 0 Å². The summed E-state index contributed by atoms with van der Waals surface area (Å²) in [7, 11) is -6.12. The highest BCUT2D eigenvalue weighted by molar-refractivity contribution is 7.93. The third-order valence-electron chi connectivity index (χ3n) is 5.67. The van der Waals surface area contributed by atoms with Gasteiger partial charge in [0.05, 0.1) is 22.6 Å². The van der Waals surface area contributed by atoms with Crippen LogP contribution in [0.1, 0.15) is 28.1 Å². The molecule has 0 aliphatic rings. The van der Waals surface area contributed by atoms with E-state index in [1.165, 1.54) is 19.2 Å². The van der Waals surface area contributed by atoms with E-state index in [0.717, 1.165) is 22.7 Å². The first-order valence-corrected chi connectivity index (χ1v) is 18.2. The van der Waals surface area contributed by atoms with Gasteiger partial charge in [-0.3, -0.25) is 19.0 Å². The molecule has 20 heteroatoms. The monoisotopic (exact) mass is 734 g/mol. The fraction of sp³-hybridized carbons (Fsp3) is 0.280. The smallest absolute Gasteiger partial charge is 0.264 e. The largest absolute Gasteiger partial charge is 0.359 e. The SMILES string of the molecule is CCNC(=O)Cc1nnc(NS(=O)(=O)c2cccc(Cl)c2C)s1.CNC(=O)Cc1nnc(NS(=O)(=O)c2cccc(Cl)c2C)s1. The van der Waals surface area contributed by atoms with Crippen LogP contribution in [0.3, 0.4) is 0 Å². The predicted octanol–water partition coefficient (Wildman–Crippen LogP) is 3.57. The van der Waals surface area contributed by atoms with Gasteiger partial charge < -0.3 is 10.6 Å². The fourth-order valence-corrected chi connectivity index (χ4v) is 8.39. The van der Waals surface area contributed by atoms with Crippen molar-refractivity contribution in [3.63, 3.8) is 0 Å². The van der Waals surface area contributed by atoms with E-state index in [-0.39, 0.29) is 44.7 Å². The third kappa shape index (κ3) is 10.0. The van der Waals surface area contributed by atoms with Gasteiger partial charge in [0.1, 0.15) is 10.0 Å². The van der Waals surface area contributed by atoms with Gasteiger partial charge in [-0.2, -0.15) is 0 Å². The van der Waals surface area contributed by atoms with Gasteiger partial charge >= 0.3 is 0 Å². The van der Waals surface area contributed by atoms with Crippen LogP contribution in [0.15, 0.2) is 46.2 Å². The van der Waals surface area contributed by atoms with Crippen molar-refractivity contribution in [1.82, 2.24) is 31.0 Å². The minimum Gasteiger partial charge on any atom is -0.359 e. The molecule has 0 spiro atoms. The first kappa shape index (κ1) is 36.1. The molecule has 0 aliphatic heterocycles. The molecule has 242 valence electrons. The number of hydrogen-bond acceptors (Lipinski definition) is 12. The highest BCUT2D eigenvalue weighted by Gasteiger charge is 2.22. The molecule has 0 saturated carbocycles. The lowest BCUT2D eigenvalue weighted by Crippen LogP contribution is -2.24. The van der Waals surface area contributed by atoms with Gasteiger partial charge in [0.2, 0.25) is 22.1 Å². The lowest BCUT2D eigenvalue weighted by molar-refractivity contribution is -0.121. The highest BCUT2D eigenvalue weighted by Crippen LogP contribution is 2.27. The standard InChI is InChI=1S/C13H15ClN4O3S2.C12H13ClN4O3S2/c1-3-15-11(19)7-12-16-17-13(22-12)18-23(20,21)10-6-4-5-9(14)8(10)2;1-7-8(13)4-3-5-9(7)22(19,20)17-12-16-15-11(21-12)6-10(18)14-2/h4-6H,3,7H2,1-2H3,(H,15,19)(H,17,18);3-5H,6H2,1-2H3,(H,14,18)(H,16,17). The first-order valence-electron chi connectivity index (χ1n) is 12.8. The molecular weight excluding hydrogens is 707 g/mol. The summed E-state index contributed by atoms with van der Waals surface area (Å²) in [6.07, 6.45) is 0.107.